The van der Waals surface area contributed by atoms with E-state index in [2.05, 4.69) is 42.7 Å². The minimum Gasteiger partial charge on any atom is -0.325 e. The number of urea groups is 1. The number of carbonyl (C=O) groups excluding carboxylic acids is 3. The van der Waals surface area contributed by atoms with E-state index >= 15 is 0 Å². The zero-order chi connectivity index (χ0) is 21.9. The van der Waals surface area contributed by atoms with Gasteiger partial charge in [0.25, 0.3) is 5.91 Å². The fraction of sp³-hybridized carbons (Fsp3) is 0.348. The number of amides is 4. The molecule has 1 aliphatic heterocycles. The van der Waals surface area contributed by atoms with Crippen molar-refractivity contribution in [2.75, 3.05) is 11.9 Å². The Bertz CT molecular complexity index is 968. The third-order valence-corrected chi connectivity index (χ3v) is 6.60. The van der Waals surface area contributed by atoms with Gasteiger partial charge in [-0.2, -0.15) is 0 Å². The molecule has 0 aromatic heterocycles. The number of imide groups is 1. The van der Waals surface area contributed by atoms with Crippen molar-refractivity contribution < 1.29 is 14.4 Å². The molecule has 0 spiro atoms. The summed E-state index contributed by atoms with van der Waals surface area (Å²) in [5.41, 5.74) is 2.23. The van der Waals surface area contributed by atoms with E-state index in [4.69, 9.17) is 0 Å². The molecule has 1 heterocycles. The highest BCUT2D eigenvalue weighted by molar-refractivity contribution is 7.99. The van der Waals surface area contributed by atoms with Crippen molar-refractivity contribution in [2.45, 2.75) is 55.9 Å². The van der Waals surface area contributed by atoms with Crippen molar-refractivity contribution in [2.24, 2.45) is 0 Å². The molecule has 0 unspecified atom stereocenters. The van der Waals surface area contributed by atoms with E-state index in [1.165, 1.54) is 11.1 Å². The monoisotopic (exact) mass is 425 g/mol. The number of nitrogens with zero attached hydrogens (tertiary/aromatic N) is 1. The maximum Gasteiger partial charge on any atom is 0.325 e. The summed E-state index contributed by atoms with van der Waals surface area (Å²) in [7, 11) is 0. The second-order valence-electron chi connectivity index (χ2n) is 7.53. The minimum atomic E-state index is -0.898. The van der Waals surface area contributed by atoms with Gasteiger partial charge in [0.15, 0.2) is 0 Å². The van der Waals surface area contributed by atoms with E-state index in [1.54, 1.807) is 11.8 Å². The lowest BCUT2D eigenvalue weighted by Gasteiger charge is -2.23. The van der Waals surface area contributed by atoms with Crippen LogP contribution in [0.2, 0.25) is 0 Å². The van der Waals surface area contributed by atoms with Gasteiger partial charge in [0.1, 0.15) is 12.1 Å². The quantitative estimate of drug-likeness (QED) is 0.640. The van der Waals surface area contributed by atoms with Crippen molar-refractivity contribution in [1.82, 2.24) is 10.2 Å². The molecule has 2 N–H and O–H groups in total. The summed E-state index contributed by atoms with van der Waals surface area (Å²) in [6.45, 7) is 7.58. The minimum absolute atomic E-state index is 0.300. The number of hydrogen-bond acceptors (Lipinski definition) is 4. The molecule has 2 aromatic carbocycles. The van der Waals surface area contributed by atoms with Gasteiger partial charge in [0, 0.05) is 15.5 Å². The molecule has 0 atom stereocenters. The van der Waals surface area contributed by atoms with Gasteiger partial charge in [-0.1, -0.05) is 31.7 Å². The first-order valence-electron chi connectivity index (χ1n) is 10.1. The highest BCUT2D eigenvalue weighted by atomic mass is 32.2. The molecule has 6 nitrogen and oxygen atoms in total. The molecular formula is C23H27N3O3S. The van der Waals surface area contributed by atoms with Crippen LogP contribution in [0.4, 0.5) is 10.5 Å². The van der Waals surface area contributed by atoms with Crippen molar-refractivity contribution in [3.63, 3.8) is 0 Å². The van der Waals surface area contributed by atoms with Crippen LogP contribution in [0.1, 0.15) is 37.8 Å². The third kappa shape index (κ3) is 4.51. The van der Waals surface area contributed by atoms with E-state index in [0.29, 0.717) is 18.5 Å². The number of hydrogen-bond donors (Lipinski definition) is 2. The number of rotatable bonds is 7. The standard InChI is InChI=1S/C23H27N3O3S/c1-5-23(6-2)21(28)26(22(29)25-23)14-20(27)24-17-8-11-18(12-9-17)30-19-10-7-15(3)16(4)13-19/h7-13H,5-6,14H2,1-4H3,(H,24,27)(H,25,29). The number of anilines is 1. The van der Waals surface area contributed by atoms with Crippen LogP contribution in [0.3, 0.4) is 0 Å². The molecule has 0 aliphatic carbocycles. The zero-order valence-electron chi connectivity index (χ0n) is 17.7. The predicted molar refractivity (Wildman–Crippen MR) is 119 cm³/mol. The average Bonchev–Trinajstić information content (AvgIpc) is 2.97. The maximum atomic E-state index is 12.6. The Morgan fingerprint density at radius 1 is 1.00 bits per heavy atom. The Morgan fingerprint density at radius 3 is 2.20 bits per heavy atom. The Morgan fingerprint density at radius 2 is 1.63 bits per heavy atom. The second kappa shape index (κ2) is 8.92. The van der Waals surface area contributed by atoms with Gasteiger partial charge in [0.2, 0.25) is 5.91 Å². The number of aryl methyl sites for hydroxylation is 2. The van der Waals surface area contributed by atoms with Crippen LogP contribution >= 0.6 is 11.8 Å². The summed E-state index contributed by atoms with van der Waals surface area (Å²) >= 11 is 1.65. The lowest BCUT2D eigenvalue weighted by molar-refractivity contribution is -0.134. The molecule has 0 saturated carbocycles. The normalized spacial score (nSPS) is 15.3. The number of benzene rings is 2. The summed E-state index contributed by atoms with van der Waals surface area (Å²) in [6.07, 6.45) is 0.984. The summed E-state index contributed by atoms with van der Waals surface area (Å²) in [5, 5.41) is 5.49. The highest BCUT2D eigenvalue weighted by Gasteiger charge is 2.49. The summed E-state index contributed by atoms with van der Waals surface area (Å²) in [6, 6.07) is 13.3. The molecule has 1 saturated heterocycles. The zero-order valence-corrected chi connectivity index (χ0v) is 18.6. The van der Waals surface area contributed by atoms with Crippen LogP contribution < -0.4 is 10.6 Å². The van der Waals surface area contributed by atoms with E-state index in [-0.39, 0.29) is 12.5 Å². The lowest BCUT2D eigenvalue weighted by atomic mass is 9.93. The van der Waals surface area contributed by atoms with Gasteiger partial charge < -0.3 is 10.6 Å². The highest BCUT2D eigenvalue weighted by Crippen LogP contribution is 2.30. The van der Waals surface area contributed by atoms with Crippen LogP contribution in [0, 0.1) is 13.8 Å². The molecule has 4 amide bonds. The average molecular weight is 426 g/mol. The molecule has 0 radical (unpaired) electrons. The molecule has 1 fully saturated rings. The second-order valence-corrected chi connectivity index (χ2v) is 8.68. The third-order valence-electron chi connectivity index (χ3n) is 5.61. The van der Waals surface area contributed by atoms with E-state index in [9.17, 15) is 14.4 Å². The molecule has 3 rings (SSSR count). The smallest absolute Gasteiger partial charge is 0.325 e. The first kappa shape index (κ1) is 21.9. The van der Waals surface area contributed by atoms with Gasteiger partial charge in [-0.3, -0.25) is 14.5 Å². The van der Waals surface area contributed by atoms with Crippen molar-refractivity contribution >= 4 is 35.3 Å². The fourth-order valence-electron chi connectivity index (χ4n) is 3.41. The first-order chi connectivity index (χ1) is 14.3. The fourth-order valence-corrected chi connectivity index (χ4v) is 4.33. The number of carbonyl (C=O) groups is 3. The lowest BCUT2D eigenvalue weighted by Crippen LogP contribution is -2.46. The largest absolute Gasteiger partial charge is 0.325 e. The van der Waals surface area contributed by atoms with Gasteiger partial charge in [-0.05, 0) is 74.2 Å². The Labute approximate surface area is 181 Å². The van der Waals surface area contributed by atoms with E-state index < -0.39 is 17.5 Å². The summed E-state index contributed by atoms with van der Waals surface area (Å²) in [4.78, 5) is 40.4. The van der Waals surface area contributed by atoms with Crippen LogP contribution in [-0.2, 0) is 9.59 Å². The van der Waals surface area contributed by atoms with Crippen LogP contribution in [0.25, 0.3) is 0 Å². The van der Waals surface area contributed by atoms with E-state index in [1.807, 2.05) is 38.1 Å². The van der Waals surface area contributed by atoms with Crippen molar-refractivity contribution in [3.05, 3.63) is 53.6 Å². The molecular weight excluding hydrogens is 398 g/mol. The topological polar surface area (TPSA) is 78.5 Å². The van der Waals surface area contributed by atoms with Gasteiger partial charge in [0.05, 0.1) is 0 Å². The van der Waals surface area contributed by atoms with Crippen molar-refractivity contribution in [3.8, 4) is 0 Å². The van der Waals surface area contributed by atoms with E-state index in [0.717, 1.165) is 14.7 Å². The van der Waals surface area contributed by atoms with Crippen LogP contribution in [0.15, 0.2) is 52.3 Å². The Kier molecular flexibility index (Phi) is 6.51. The molecule has 2 aromatic rings. The first-order valence-corrected chi connectivity index (χ1v) is 10.9. The molecule has 1 aliphatic rings. The van der Waals surface area contributed by atoms with Crippen LogP contribution in [-0.4, -0.2) is 34.8 Å². The SMILES string of the molecule is CCC1(CC)NC(=O)N(CC(=O)Nc2ccc(Sc3ccc(C)c(C)c3)cc2)C1=O. The predicted octanol–water partition coefficient (Wildman–Crippen LogP) is 4.50. The number of nitrogens with one attached hydrogen (secondary N) is 2. The van der Waals surface area contributed by atoms with Crippen molar-refractivity contribution in [1.29, 1.82) is 0 Å². The van der Waals surface area contributed by atoms with Gasteiger partial charge in [-0.25, -0.2) is 4.79 Å². The Balaban J connectivity index is 1.60. The molecule has 158 valence electrons. The van der Waals surface area contributed by atoms with Gasteiger partial charge >= 0.3 is 6.03 Å². The molecule has 7 heteroatoms. The summed E-state index contributed by atoms with van der Waals surface area (Å²) < 4.78 is 0. The van der Waals surface area contributed by atoms with Crippen LogP contribution in [0.5, 0.6) is 0 Å². The molecule has 0 bridgehead atoms. The molecule has 30 heavy (non-hydrogen) atoms. The Hall–Kier alpha value is -2.80. The summed E-state index contributed by atoms with van der Waals surface area (Å²) in [5.74, 6) is -0.746. The van der Waals surface area contributed by atoms with Gasteiger partial charge in [-0.15, -0.1) is 0 Å². The maximum absolute atomic E-state index is 12.6.